The highest BCUT2D eigenvalue weighted by atomic mass is 32.2. The molecule has 1 heterocycles. The van der Waals surface area contributed by atoms with Crippen molar-refractivity contribution in [3.63, 3.8) is 0 Å². The number of aromatic nitrogens is 1. The maximum absolute atomic E-state index is 14.5. The van der Waals surface area contributed by atoms with Gasteiger partial charge in [0, 0.05) is 17.7 Å². The standard InChI is InChI=1S/C21H18F2N2O2S/c22-17-4-1-15(2-5-17)16-3-6-18(19(23)12-16)21(27)25-20-11-14(7-8-24-20)13-28-10-9-26/h1-8,11-12,26H,9-10,13H2,(H,24,25,27). The summed E-state index contributed by atoms with van der Waals surface area (Å²) in [6.07, 6.45) is 1.57. The quantitative estimate of drug-likeness (QED) is 0.573. The Hall–Kier alpha value is -2.77. The summed E-state index contributed by atoms with van der Waals surface area (Å²) in [5, 5.41) is 11.4. The zero-order valence-electron chi connectivity index (χ0n) is 14.9. The van der Waals surface area contributed by atoms with E-state index in [1.54, 1.807) is 42.2 Å². The van der Waals surface area contributed by atoms with Crippen LogP contribution in [-0.2, 0) is 5.75 Å². The van der Waals surface area contributed by atoms with Gasteiger partial charge in [-0.3, -0.25) is 4.79 Å². The lowest BCUT2D eigenvalue weighted by Crippen LogP contribution is -2.14. The van der Waals surface area contributed by atoms with Crippen LogP contribution in [0.5, 0.6) is 0 Å². The molecular formula is C21H18F2N2O2S. The van der Waals surface area contributed by atoms with Gasteiger partial charge in [0.15, 0.2) is 0 Å². The summed E-state index contributed by atoms with van der Waals surface area (Å²) >= 11 is 1.56. The zero-order chi connectivity index (χ0) is 19.9. The van der Waals surface area contributed by atoms with Crippen LogP contribution in [0.2, 0.25) is 0 Å². The van der Waals surface area contributed by atoms with Crippen LogP contribution in [0.4, 0.5) is 14.6 Å². The number of hydrogen-bond acceptors (Lipinski definition) is 4. The van der Waals surface area contributed by atoms with Gasteiger partial charge < -0.3 is 10.4 Å². The van der Waals surface area contributed by atoms with E-state index in [0.29, 0.717) is 28.5 Å². The third kappa shape index (κ3) is 5.15. The highest BCUT2D eigenvalue weighted by molar-refractivity contribution is 7.98. The Labute approximate surface area is 165 Å². The Bertz CT molecular complexity index is 965. The minimum Gasteiger partial charge on any atom is -0.396 e. The van der Waals surface area contributed by atoms with Crippen LogP contribution in [0.15, 0.2) is 60.8 Å². The number of hydrogen-bond donors (Lipinski definition) is 2. The number of nitrogens with one attached hydrogen (secondary N) is 1. The summed E-state index contributed by atoms with van der Waals surface area (Å²) in [6, 6.07) is 13.5. The first-order valence-corrected chi connectivity index (χ1v) is 9.72. The van der Waals surface area contributed by atoms with E-state index in [1.807, 2.05) is 6.07 Å². The van der Waals surface area contributed by atoms with Crippen molar-refractivity contribution in [3.8, 4) is 11.1 Å². The van der Waals surface area contributed by atoms with Gasteiger partial charge >= 0.3 is 0 Å². The molecule has 1 amide bonds. The smallest absolute Gasteiger partial charge is 0.259 e. The minimum atomic E-state index is -0.672. The number of benzene rings is 2. The highest BCUT2D eigenvalue weighted by Gasteiger charge is 2.14. The van der Waals surface area contributed by atoms with Crippen LogP contribution in [0, 0.1) is 11.6 Å². The van der Waals surface area contributed by atoms with E-state index in [9.17, 15) is 13.6 Å². The topological polar surface area (TPSA) is 62.2 Å². The van der Waals surface area contributed by atoms with Gasteiger partial charge in [0.25, 0.3) is 5.91 Å². The molecule has 0 aliphatic carbocycles. The molecule has 0 unspecified atom stereocenters. The molecule has 7 heteroatoms. The van der Waals surface area contributed by atoms with E-state index in [-0.39, 0.29) is 18.0 Å². The van der Waals surface area contributed by atoms with Crippen LogP contribution in [0.3, 0.4) is 0 Å². The second-order valence-electron chi connectivity index (χ2n) is 5.98. The van der Waals surface area contributed by atoms with Crippen molar-refractivity contribution in [1.29, 1.82) is 0 Å². The Morgan fingerprint density at radius 2 is 1.79 bits per heavy atom. The molecule has 2 aromatic carbocycles. The summed E-state index contributed by atoms with van der Waals surface area (Å²) < 4.78 is 27.5. The van der Waals surface area contributed by atoms with Crippen molar-refractivity contribution in [1.82, 2.24) is 4.98 Å². The maximum Gasteiger partial charge on any atom is 0.259 e. The van der Waals surface area contributed by atoms with Crippen molar-refractivity contribution >= 4 is 23.5 Å². The molecule has 4 nitrogen and oxygen atoms in total. The molecular weight excluding hydrogens is 382 g/mol. The fourth-order valence-corrected chi connectivity index (χ4v) is 3.28. The number of aliphatic hydroxyl groups excluding tert-OH is 1. The molecule has 3 aromatic rings. The van der Waals surface area contributed by atoms with E-state index in [0.717, 1.165) is 5.56 Å². The van der Waals surface area contributed by atoms with Crippen LogP contribution < -0.4 is 5.32 Å². The van der Waals surface area contributed by atoms with Crippen molar-refractivity contribution in [2.24, 2.45) is 0 Å². The molecule has 0 aliphatic heterocycles. The third-order valence-electron chi connectivity index (χ3n) is 3.96. The lowest BCUT2D eigenvalue weighted by atomic mass is 10.0. The molecule has 0 atom stereocenters. The number of rotatable bonds is 7. The summed E-state index contributed by atoms with van der Waals surface area (Å²) in [5.41, 5.74) is 2.04. The van der Waals surface area contributed by atoms with Gasteiger partial charge in [0.05, 0.1) is 12.2 Å². The second kappa shape index (κ2) is 9.43. The lowest BCUT2D eigenvalue weighted by molar-refractivity contribution is 0.102. The molecule has 0 fully saturated rings. The Balaban J connectivity index is 1.72. The van der Waals surface area contributed by atoms with Crippen molar-refractivity contribution in [2.75, 3.05) is 17.7 Å². The number of amides is 1. The molecule has 0 aliphatic rings. The molecule has 0 radical (unpaired) electrons. The first-order chi connectivity index (χ1) is 13.6. The highest BCUT2D eigenvalue weighted by Crippen LogP contribution is 2.23. The molecule has 1 aromatic heterocycles. The number of carbonyl (C=O) groups is 1. The Morgan fingerprint density at radius 3 is 2.50 bits per heavy atom. The molecule has 0 saturated heterocycles. The summed E-state index contributed by atoms with van der Waals surface area (Å²) in [6.45, 7) is 0.104. The molecule has 144 valence electrons. The number of thioether (sulfide) groups is 1. The lowest BCUT2D eigenvalue weighted by Gasteiger charge is -2.09. The van der Waals surface area contributed by atoms with Crippen LogP contribution >= 0.6 is 11.8 Å². The fourth-order valence-electron chi connectivity index (χ4n) is 2.59. The van der Waals surface area contributed by atoms with E-state index in [2.05, 4.69) is 10.3 Å². The molecule has 0 spiro atoms. The number of anilines is 1. The van der Waals surface area contributed by atoms with E-state index in [4.69, 9.17) is 5.11 Å². The first-order valence-electron chi connectivity index (χ1n) is 8.57. The van der Waals surface area contributed by atoms with Gasteiger partial charge in [-0.1, -0.05) is 18.2 Å². The number of nitrogens with zero attached hydrogens (tertiary/aromatic N) is 1. The van der Waals surface area contributed by atoms with E-state index in [1.165, 1.54) is 24.3 Å². The van der Waals surface area contributed by atoms with Crippen LogP contribution in [0.25, 0.3) is 11.1 Å². The Morgan fingerprint density at radius 1 is 1.04 bits per heavy atom. The van der Waals surface area contributed by atoms with Gasteiger partial charge in [0.1, 0.15) is 17.5 Å². The SMILES string of the molecule is O=C(Nc1cc(CSCCO)ccn1)c1ccc(-c2ccc(F)cc2)cc1F. The van der Waals surface area contributed by atoms with Crippen molar-refractivity contribution in [3.05, 3.63) is 83.6 Å². The number of aliphatic hydroxyl groups is 1. The van der Waals surface area contributed by atoms with Crippen molar-refractivity contribution < 1.29 is 18.7 Å². The van der Waals surface area contributed by atoms with Gasteiger partial charge in [-0.05, 0) is 53.1 Å². The monoisotopic (exact) mass is 400 g/mol. The van der Waals surface area contributed by atoms with Gasteiger partial charge in [0.2, 0.25) is 0 Å². The zero-order valence-corrected chi connectivity index (χ0v) is 15.7. The van der Waals surface area contributed by atoms with Crippen LogP contribution in [-0.4, -0.2) is 28.4 Å². The van der Waals surface area contributed by atoms with Crippen molar-refractivity contribution in [2.45, 2.75) is 5.75 Å². The molecule has 0 saturated carbocycles. The first kappa shape index (κ1) is 20.0. The largest absolute Gasteiger partial charge is 0.396 e. The summed E-state index contributed by atoms with van der Waals surface area (Å²) in [7, 11) is 0. The predicted octanol–water partition coefficient (Wildman–Crippen LogP) is 4.50. The van der Waals surface area contributed by atoms with Gasteiger partial charge in [-0.2, -0.15) is 11.8 Å². The predicted molar refractivity (Wildman–Crippen MR) is 107 cm³/mol. The summed E-state index contributed by atoms with van der Waals surface area (Å²) in [5.74, 6) is -0.0221. The number of pyridine rings is 1. The third-order valence-corrected chi connectivity index (χ3v) is 4.97. The molecule has 0 bridgehead atoms. The molecule has 2 N–H and O–H groups in total. The van der Waals surface area contributed by atoms with Gasteiger partial charge in [-0.15, -0.1) is 0 Å². The average molecular weight is 400 g/mol. The summed E-state index contributed by atoms with van der Waals surface area (Å²) in [4.78, 5) is 16.5. The Kier molecular flexibility index (Phi) is 6.73. The van der Waals surface area contributed by atoms with E-state index >= 15 is 0 Å². The fraction of sp³-hybridized carbons (Fsp3) is 0.143. The minimum absolute atomic E-state index is 0.104. The molecule has 3 rings (SSSR count). The average Bonchev–Trinajstić information content (AvgIpc) is 2.69. The second-order valence-corrected chi connectivity index (χ2v) is 7.09. The number of carbonyl (C=O) groups excluding carboxylic acids is 1. The van der Waals surface area contributed by atoms with E-state index < -0.39 is 11.7 Å². The number of halogens is 2. The van der Waals surface area contributed by atoms with Crippen LogP contribution in [0.1, 0.15) is 15.9 Å². The maximum atomic E-state index is 14.5. The normalized spacial score (nSPS) is 10.7. The van der Waals surface area contributed by atoms with Gasteiger partial charge in [-0.25, -0.2) is 13.8 Å². The molecule has 28 heavy (non-hydrogen) atoms.